The molecule has 0 aromatic heterocycles. The second-order valence-corrected chi connectivity index (χ2v) is 7.75. The standard InChI is InChI=1S/C17H14O4.C8H12/c1-12-2-7-14(8-3-12)17(20)21-15-9-4-13(5-10-15)6-11-16(18)19;1-6-4-7-2-3-8(6)5-7/h2-11H,1H3,(H,18,19);2-3,6-8H,4-5H2,1H3. The number of carbonyl (C=O) groups is 2. The molecular formula is C25H26O4. The molecule has 29 heavy (non-hydrogen) atoms. The first kappa shape index (κ1) is 20.6. The number of rotatable bonds is 4. The molecule has 0 spiro atoms. The van der Waals surface area contributed by atoms with Gasteiger partial charge in [0.1, 0.15) is 5.75 Å². The van der Waals surface area contributed by atoms with Gasteiger partial charge in [0.05, 0.1) is 5.56 Å². The molecule has 2 aliphatic carbocycles. The number of esters is 1. The van der Waals surface area contributed by atoms with Gasteiger partial charge < -0.3 is 9.84 Å². The minimum absolute atomic E-state index is 0.410. The molecule has 2 bridgehead atoms. The fraction of sp³-hybridized carbons (Fsp3) is 0.280. The Labute approximate surface area is 171 Å². The Hall–Kier alpha value is -3.14. The van der Waals surface area contributed by atoms with Gasteiger partial charge in [0.25, 0.3) is 0 Å². The number of benzene rings is 2. The molecule has 0 saturated heterocycles. The van der Waals surface area contributed by atoms with Crippen LogP contribution in [0.15, 0.2) is 66.8 Å². The van der Waals surface area contributed by atoms with E-state index in [2.05, 4.69) is 19.1 Å². The Morgan fingerprint density at radius 1 is 1.00 bits per heavy atom. The molecule has 4 nitrogen and oxygen atoms in total. The van der Waals surface area contributed by atoms with E-state index in [1.165, 1.54) is 18.9 Å². The molecule has 4 heteroatoms. The third-order valence-corrected chi connectivity index (χ3v) is 5.41. The van der Waals surface area contributed by atoms with E-state index < -0.39 is 11.9 Å². The number of allylic oxidation sites excluding steroid dienone is 2. The van der Waals surface area contributed by atoms with E-state index in [1.54, 1.807) is 36.4 Å². The molecule has 0 heterocycles. The van der Waals surface area contributed by atoms with Crippen LogP contribution in [0, 0.1) is 24.7 Å². The highest BCUT2D eigenvalue weighted by Crippen LogP contribution is 2.42. The molecule has 0 amide bonds. The molecule has 1 fully saturated rings. The Morgan fingerprint density at radius 2 is 1.69 bits per heavy atom. The number of fused-ring (bicyclic) bond motifs is 2. The summed E-state index contributed by atoms with van der Waals surface area (Å²) in [5, 5.41) is 8.54. The van der Waals surface area contributed by atoms with Crippen LogP contribution < -0.4 is 4.74 Å². The van der Waals surface area contributed by atoms with Crippen molar-refractivity contribution in [1.29, 1.82) is 0 Å². The summed E-state index contributed by atoms with van der Waals surface area (Å²) >= 11 is 0. The van der Waals surface area contributed by atoms with Crippen molar-refractivity contribution >= 4 is 18.0 Å². The van der Waals surface area contributed by atoms with Crippen molar-refractivity contribution in [3.8, 4) is 5.75 Å². The first-order chi connectivity index (χ1) is 13.9. The number of ether oxygens (including phenoxy) is 1. The average Bonchev–Trinajstić information content (AvgIpc) is 3.31. The Morgan fingerprint density at radius 3 is 2.17 bits per heavy atom. The van der Waals surface area contributed by atoms with Gasteiger partial charge in [0.2, 0.25) is 0 Å². The normalized spacial score (nSPS) is 21.7. The van der Waals surface area contributed by atoms with Crippen molar-refractivity contribution in [2.45, 2.75) is 26.7 Å². The predicted octanol–water partition coefficient (Wildman–Crippen LogP) is 5.53. The van der Waals surface area contributed by atoms with Gasteiger partial charge in [-0.3, -0.25) is 0 Å². The molecule has 2 aromatic carbocycles. The highest BCUT2D eigenvalue weighted by atomic mass is 16.5. The zero-order valence-electron chi connectivity index (χ0n) is 16.7. The second-order valence-electron chi connectivity index (χ2n) is 7.75. The maximum Gasteiger partial charge on any atom is 0.343 e. The van der Waals surface area contributed by atoms with Gasteiger partial charge in [-0.05, 0) is 73.4 Å². The lowest BCUT2D eigenvalue weighted by Crippen LogP contribution is -2.08. The number of hydrogen-bond acceptors (Lipinski definition) is 3. The number of carboxylic acids is 1. The SMILES string of the molecule is CC1CC2C=CC1C2.Cc1ccc(C(=O)Oc2ccc(C=CC(=O)O)cc2)cc1. The second kappa shape index (κ2) is 9.37. The van der Waals surface area contributed by atoms with Crippen LogP contribution >= 0.6 is 0 Å². The van der Waals surface area contributed by atoms with Crippen LogP contribution in [0.1, 0.15) is 41.3 Å². The smallest absolute Gasteiger partial charge is 0.343 e. The van der Waals surface area contributed by atoms with Crippen LogP contribution in [0.5, 0.6) is 5.75 Å². The van der Waals surface area contributed by atoms with Crippen LogP contribution in [0.3, 0.4) is 0 Å². The van der Waals surface area contributed by atoms with Crippen LogP contribution in [0.2, 0.25) is 0 Å². The third-order valence-electron chi connectivity index (χ3n) is 5.41. The van der Waals surface area contributed by atoms with E-state index >= 15 is 0 Å². The quantitative estimate of drug-likeness (QED) is 0.323. The maximum absolute atomic E-state index is 11.9. The molecular weight excluding hydrogens is 364 g/mol. The minimum atomic E-state index is -1.01. The zero-order valence-corrected chi connectivity index (χ0v) is 16.7. The number of hydrogen-bond donors (Lipinski definition) is 1. The van der Waals surface area contributed by atoms with Crippen molar-refractivity contribution in [2.24, 2.45) is 17.8 Å². The molecule has 1 N–H and O–H groups in total. The molecule has 1 saturated carbocycles. The lowest BCUT2D eigenvalue weighted by molar-refractivity contribution is -0.131. The molecule has 2 aromatic rings. The fourth-order valence-electron chi connectivity index (χ4n) is 3.73. The van der Waals surface area contributed by atoms with Crippen molar-refractivity contribution in [3.05, 3.63) is 83.4 Å². The van der Waals surface area contributed by atoms with E-state index in [4.69, 9.17) is 9.84 Å². The monoisotopic (exact) mass is 390 g/mol. The van der Waals surface area contributed by atoms with Crippen molar-refractivity contribution in [1.82, 2.24) is 0 Å². The highest BCUT2D eigenvalue weighted by Gasteiger charge is 2.32. The minimum Gasteiger partial charge on any atom is -0.478 e. The van der Waals surface area contributed by atoms with Gasteiger partial charge in [-0.15, -0.1) is 0 Å². The van der Waals surface area contributed by atoms with E-state index in [0.29, 0.717) is 16.9 Å². The van der Waals surface area contributed by atoms with Gasteiger partial charge in [0, 0.05) is 6.08 Å². The summed E-state index contributed by atoms with van der Waals surface area (Å²) < 4.78 is 5.24. The molecule has 0 aliphatic heterocycles. The maximum atomic E-state index is 11.9. The average molecular weight is 390 g/mol. The summed E-state index contributed by atoms with van der Waals surface area (Å²) in [6, 6.07) is 13.7. The van der Waals surface area contributed by atoms with Gasteiger partial charge in [-0.2, -0.15) is 0 Å². The Bertz CT molecular complexity index is 907. The van der Waals surface area contributed by atoms with Crippen molar-refractivity contribution < 1.29 is 19.4 Å². The first-order valence-electron chi connectivity index (χ1n) is 9.89. The van der Waals surface area contributed by atoms with Gasteiger partial charge in [-0.1, -0.05) is 48.9 Å². The van der Waals surface area contributed by atoms with Gasteiger partial charge >= 0.3 is 11.9 Å². The topological polar surface area (TPSA) is 63.6 Å². The van der Waals surface area contributed by atoms with Gasteiger partial charge in [-0.25, -0.2) is 9.59 Å². The number of aliphatic carboxylic acids is 1. The highest BCUT2D eigenvalue weighted by molar-refractivity contribution is 5.91. The lowest BCUT2D eigenvalue weighted by atomic mass is 9.96. The molecule has 0 radical (unpaired) electrons. The Kier molecular flexibility index (Phi) is 6.65. The summed E-state index contributed by atoms with van der Waals surface area (Å²) in [7, 11) is 0. The van der Waals surface area contributed by atoms with Crippen LogP contribution in [-0.2, 0) is 4.79 Å². The summed E-state index contributed by atoms with van der Waals surface area (Å²) in [4.78, 5) is 22.3. The summed E-state index contributed by atoms with van der Waals surface area (Å²) in [5.41, 5.74) is 2.27. The van der Waals surface area contributed by atoms with Crippen molar-refractivity contribution in [2.75, 3.05) is 0 Å². The van der Waals surface area contributed by atoms with E-state index in [0.717, 1.165) is 29.4 Å². The largest absolute Gasteiger partial charge is 0.478 e. The molecule has 3 atom stereocenters. The van der Waals surface area contributed by atoms with Crippen LogP contribution in [0.4, 0.5) is 0 Å². The van der Waals surface area contributed by atoms with E-state index in [-0.39, 0.29) is 0 Å². The zero-order chi connectivity index (χ0) is 20.8. The molecule has 4 rings (SSSR count). The van der Waals surface area contributed by atoms with E-state index in [1.807, 2.05) is 19.1 Å². The molecule has 3 unspecified atom stereocenters. The third kappa shape index (κ3) is 5.92. The molecule has 150 valence electrons. The van der Waals surface area contributed by atoms with Gasteiger partial charge in [0.15, 0.2) is 0 Å². The summed E-state index contributed by atoms with van der Waals surface area (Å²) in [5.74, 6) is 1.89. The fourth-order valence-corrected chi connectivity index (χ4v) is 3.73. The number of carbonyl (C=O) groups excluding carboxylic acids is 1. The summed E-state index contributed by atoms with van der Waals surface area (Å²) in [6.07, 6.45) is 10.2. The lowest BCUT2D eigenvalue weighted by Gasteiger charge is -2.09. The number of aryl methyl sites for hydroxylation is 1. The first-order valence-corrected chi connectivity index (χ1v) is 9.89. The Balaban J connectivity index is 0.000000246. The van der Waals surface area contributed by atoms with E-state index in [9.17, 15) is 9.59 Å². The van der Waals surface area contributed by atoms with Crippen molar-refractivity contribution in [3.63, 3.8) is 0 Å². The predicted molar refractivity (Wildman–Crippen MR) is 114 cm³/mol. The molecule has 2 aliphatic rings. The van der Waals surface area contributed by atoms with Crippen LogP contribution in [0.25, 0.3) is 6.08 Å². The number of carboxylic acid groups (broad SMARTS) is 1. The van der Waals surface area contributed by atoms with Crippen LogP contribution in [-0.4, -0.2) is 17.0 Å². The summed E-state index contributed by atoms with van der Waals surface area (Å²) in [6.45, 7) is 4.31.